The average molecular weight is 464 g/mol. The maximum atomic E-state index is 11.7. The molecule has 1 N–H and O–H groups in total. The lowest BCUT2D eigenvalue weighted by Crippen LogP contribution is -2.47. The topological polar surface area (TPSA) is 82.9 Å². The van der Waals surface area contributed by atoms with Crippen LogP contribution in [0.2, 0.25) is 0 Å². The van der Waals surface area contributed by atoms with Crippen molar-refractivity contribution in [2.24, 2.45) is 5.16 Å². The van der Waals surface area contributed by atoms with Crippen LogP contribution in [0.25, 0.3) is 0 Å². The molecule has 4 rings (SSSR count). The lowest BCUT2D eigenvalue weighted by atomic mass is 9.82. The molecule has 33 heavy (non-hydrogen) atoms. The standard InChI is InChI=1S/C26H29N3O3S/c1-18-6-4-5-7-24(18)25(15-26(28-30)22-12-13-27-19(2)14-22)21-10-8-20(9-11-21)23-16-29(17-23)33(3,31)32/h4-14,23,25,30H,15-17H2,1-3H3. The van der Waals surface area contributed by atoms with Crippen molar-refractivity contribution in [3.63, 3.8) is 0 Å². The Labute approximate surface area is 195 Å². The molecule has 0 saturated carbocycles. The van der Waals surface area contributed by atoms with Crippen molar-refractivity contribution in [2.45, 2.75) is 32.1 Å². The number of hydrogen-bond donors (Lipinski definition) is 1. The maximum Gasteiger partial charge on any atom is 0.211 e. The Morgan fingerprint density at radius 3 is 2.42 bits per heavy atom. The maximum absolute atomic E-state index is 11.7. The number of benzene rings is 2. The van der Waals surface area contributed by atoms with E-state index in [2.05, 4.69) is 53.5 Å². The minimum Gasteiger partial charge on any atom is -0.411 e. The van der Waals surface area contributed by atoms with Gasteiger partial charge in [0.05, 0.1) is 12.0 Å². The third kappa shape index (κ3) is 5.15. The lowest BCUT2D eigenvalue weighted by Gasteiger charge is -2.37. The van der Waals surface area contributed by atoms with Crippen LogP contribution in [0.4, 0.5) is 0 Å². The van der Waals surface area contributed by atoms with Crippen LogP contribution in [0.3, 0.4) is 0 Å². The molecule has 7 heteroatoms. The van der Waals surface area contributed by atoms with Gasteiger partial charge in [-0.15, -0.1) is 0 Å². The van der Waals surface area contributed by atoms with E-state index in [-0.39, 0.29) is 11.8 Å². The highest BCUT2D eigenvalue weighted by Gasteiger charge is 2.34. The molecule has 0 amide bonds. The summed E-state index contributed by atoms with van der Waals surface area (Å²) < 4.78 is 24.9. The normalized spacial score (nSPS) is 16.4. The minimum atomic E-state index is -3.12. The van der Waals surface area contributed by atoms with Gasteiger partial charge < -0.3 is 5.21 Å². The van der Waals surface area contributed by atoms with E-state index in [1.807, 2.05) is 31.2 Å². The molecule has 1 aliphatic rings. The molecule has 0 bridgehead atoms. The monoisotopic (exact) mass is 463 g/mol. The molecule has 1 atom stereocenters. The van der Waals surface area contributed by atoms with Crippen LogP contribution in [-0.4, -0.2) is 48.0 Å². The molecule has 6 nitrogen and oxygen atoms in total. The summed E-state index contributed by atoms with van der Waals surface area (Å²) in [7, 11) is -3.12. The fourth-order valence-electron chi connectivity index (χ4n) is 4.44. The highest BCUT2D eigenvalue weighted by atomic mass is 32.2. The first kappa shape index (κ1) is 23.1. The van der Waals surface area contributed by atoms with Crippen molar-refractivity contribution in [1.29, 1.82) is 0 Å². The van der Waals surface area contributed by atoms with Gasteiger partial charge in [0.15, 0.2) is 0 Å². The average Bonchev–Trinajstić information content (AvgIpc) is 2.74. The summed E-state index contributed by atoms with van der Waals surface area (Å²) in [6.45, 7) is 5.07. The molecule has 3 aromatic rings. The number of aryl methyl sites for hydroxylation is 2. The third-order valence-corrected chi connectivity index (χ3v) is 7.68. The predicted molar refractivity (Wildman–Crippen MR) is 131 cm³/mol. The van der Waals surface area contributed by atoms with Crippen molar-refractivity contribution in [3.8, 4) is 0 Å². The Morgan fingerprint density at radius 1 is 1.12 bits per heavy atom. The molecule has 172 valence electrons. The van der Waals surface area contributed by atoms with Gasteiger partial charge in [0.25, 0.3) is 0 Å². The number of aromatic nitrogens is 1. The molecule has 0 radical (unpaired) electrons. The Kier molecular flexibility index (Phi) is 6.63. The Hall–Kier alpha value is -3.03. The van der Waals surface area contributed by atoms with Crippen molar-refractivity contribution in [3.05, 3.63) is 100 Å². The Balaban J connectivity index is 1.63. The number of pyridine rings is 1. The SMILES string of the molecule is Cc1cc(C(CC(c2ccc(C3CN(S(C)(=O)=O)C3)cc2)c2ccccc2C)=NO)ccn1. The smallest absolute Gasteiger partial charge is 0.211 e. The number of oxime groups is 1. The van der Waals surface area contributed by atoms with Gasteiger partial charge in [-0.3, -0.25) is 4.98 Å². The van der Waals surface area contributed by atoms with Gasteiger partial charge in [-0.25, -0.2) is 12.7 Å². The summed E-state index contributed by atoms with van der Waals surface area (Å²) in [4.78, 5) is 4.25. The van der Waals surface area contributed by atoms with E-state index in [1.165, 1.54) is 21.7 Å². The molecule has 1 aromatic heterocycles. The molecule has 1 unspecified atom stereocenters. The van der Waals surface area contributed by atoms with Gasteiger partial charge in [-0.2, -0.15) is 0 Å². The fourth-order valence-corrected chi connectivity index (χ4v) is 5.34. The third-order valence-electron chi connectivity index (χ3n) is 6.44. The summed E-state index contributed by atoms with van der Waals surface area (Å²) in [5.41, 5.74) is 6.97. The highest BCUT2D eigenvalue weighted by Crippen LogP contribution is 2.34. The van der Waals surface area contributed by atoms with E-state index in [0.717, 1.165) is 22.4 Å². The lowest BCUT2D eigenvalue weighted by molar-refractivity contribution is 0.266. The zero-order valence-corrected chi connectivity index (χ0v) is 20.0. The molecule has 1 saturated heterocycles. The molecule has 0 spiro atoms. The number of sulfonamides is 1. The quantitative estimate of drug-likeness (QED) is 0.319. The van der Waals surface area contributed by atoms with Gasteiger partial charge >= 0.3 is 0 Å². The van der Waals surface area contributed by atoms with Crippen LogP contribution in [0.1, 0.15) is 51.8 Å². The Bertz CT molecular complexity index is 1260. The second-order valence-corrected chi connectivity index (χ2v) is 10.8. The first-order valence-electron chi connectivity index (χ1n) is 11.0. The largest absolute Gasteiger partial charge is 0.411 e. The summed E-state index contributed by atoms with van der Waals surface area (Å²) in [5.74, 6) is 0.230. The van der Waals surface area contributed by atoms with E-state index >= 15 is 0 Å². The molecule has 1 aliphatic heterocycles. The second kappa shape index (κ2) is 9.45. The van der Waals surface area contributed by atoms with Crippen molar-refractivity contribution >= 4 is 15.7 Å². The summed E-state index contributed by atoms with van der Waals surface area (Å²) >= 11 is 0. The summed E-state index contributed by atoms with van der Waals surface area (Å²) in [5, 5.41) is 13.5. The van der Waals surface area contributed by atoms with E-state index in [9.17, 15) is 13.6 Å². The van der Waals surface area contributed by atoms with E-state index < -0.39 is 10.0 Å². The van der Waals surface area contributed by atoms with Crippen LogP contribution < -0.4 is 0 Å². The van der Waals surface area contributed by atoms with Crippen molar-refractivity contribution in [1.82, 2.24) is 9.29 Å². The number of rotatable bonds is 7. The molecular weight excluding hydrogens is 434 g/mol. The highest BCUT2D eigenvalue weighted by molar-refractivity contribution is 7.88. The van der Waals surface area contributed by atoms with Crippen LogP contribution >= 0.6 is 0 Å². The van der Waals surface area contributed by atoms with Crippen LogP contribution in [0, 0.1) is 13.8 Å². The van der Waals surface area contributed by atoms with E-state index in [4.69, 9.17) is 0 Å². The van der Waals surface area contributed by atoms with Gasteiger partial charge in [-0.05, 0) is 48.2 Å². The van der Waals surface area contributed by atoms with Gasteiger partial charge in [0.1, 0.15) is 0 Å². The van der Waals surface area contributed by atoms with Crippen molar-refractivity contribution in [2.75, 3.05) is 19.3 Å². The summed E-state index contributed by atoms with van der Waals surface area (Å²) in [6.07, 6.45) is 3.52. The van der Waals surface area contributed by atoms with Crippen LogP contribution in [-0.2, 0) is 10.0 Å². The van der Waals surface area contributed by atoms with E-state index in [1.54, 1.807) is 6.20 Å². The number of hydrogen-bond acceptors (Lipinski definition) is 5. The van der Waals surface area contributed by atoms with Crippen LogP contribution in [0.15, 0.2) is 72.0 Å². The zero-order chi connectivity index (χ0) is 23.6. The Morgan fingerprint density at radius 2 is 1.82 bits per heavy atom. The molecule has 1 fully saturated rings. The van der Waals surface area contributed by atoms with Crippen molar-refractivity contribution < 1.29 is 13.6 Å². The predicted octanol–water partition coefficient (Wildman–Crippen LogP) is 4.46. The molecule has 2 aromatic carbocycles. The van der Waals surface area contributed by atoms with Gasteiger partial charge in [-0.1, -0.05) is 53.7 Å². The first-order chi connectivity index (χ1) is 15.8. The second-order valence-electron chi connectivity index (χ2n) is 8.79. The molecular formula is C26H29N3O3S. The zero-order valence-electron chi connectivity index (χ0n) is 19.1. The fraction of sp³-hybridized carbons (Fsp3) is 0.308. The summed E-state index contributed by atoms with van der Waals surface area (Å²) in [6, 6.07) is 20.5. The number of nitrogens with zero attached hydrogens (tertiary/aromatic N) is 3. The molecule has 0 aliphatic carbocycles. The van der Waals surface area contributed by atoms with Gasteiger partial charge in [0, 0.05) is 48.8 Å². The van der Waals surface area contributed by atoms with Gasteiger partial charge in [0.2, 0.25) is 10.0 Å². The van der Waals surface area contributed by atoms with E-state index in [0.29, 0.717) is 25.2 Å². The first-order valence-corrected chi connectivity index (χ1v) is 12.9. The van der Waals surface area contributed by atoms with Crippen LogP contribution in [0.5, 0.6) is 0 Å². The minimum absolute atomic E-state index is 0.00790. The molecule has 2 heterocycles.